The van der Waals surface area contributed by atoms with Gasteiger partial charge in [-0.15, -0.1) is 0 Å². The van der Waals surface area contributed by atoms with Crippen LogP contribution >= 0.6 is 0 Å². The molecule has 1 aliphatic heterocycles. The van der Waals surface area contributed by atoms with Crippen molar-refractivity contribution in [2.24, 2.45) is 5.73 Å². The predicted octanol–water partition coefficient (Wildman–Crippen LogP) is -0.779. The zero-order valence-electron chi connectivity index (χ0n) is 16.0. The highest BCUT2D eigenvalue weighted by Gasteiger charge is 2.24. The number of piperazine rings is 1. The SMILES string of the molecule is NC(=O)c1ccc(NC(=O)C[NH+]2CC[NH+](C/C=C/c3ccccc3)CC2)cc1. The first-order chi connectivity index (χ1) is 13.6. The first-order valence-electron chi connectivity index (χ1n) is 9.68. The van der Waals surface area contributed by atoms with Crippen LogP contribution in [-0.2, 0) is 4.79 Å². The maximum Gasteiger partial charge on any atom is 0.279 e. The summed E-state index contributed by atoms with van der Waals surface area (Å²) >= 11 is 0. The molecule has 0 radical (unpaired) electrons. The number of amides is 2. The smallest absolute Gasteiger partial charge is 0.279 e. The van der Waals surface area contributed by atoms with E-state index in [1.807, 2.05) is 18.2 Å². The Balaban J connectivity index is 1.38. The van der Waals surface area contributed by atoms with Crippen LogP contribution in [0.5, 0.6) is 0 Å². The van der Waals surface area contributed by atoms with E-state index in [0.717, 1.165) is 32.7 Å². The summed E-state index contributed by atoms with van der Waals surface area (Å²) in [5, 5.41) is 2.89. The highest BCUT2D eigenvalue weighted by Crippen LogP contribution is 2.08. The molecule has 28 heavy (non-hydrogen) atoms. The molecule has 0 saturated carbocycles. The molecule has 0 unspecified atom stereocenters. The van der Waals surface area contributed by atoms with Crippen LogP contribution in [0.2, 0.25) is 0 Å². The fourth-order valence-electron chi connectivity index (χ4n) is 3.41. The minimum absolute atomic E-state index is 0.00533. The molecular weight excluding hydrogens is 352 g/mol. The Labute approximate surface area is 165 Å². The number of carbonyl (C=O) groups excluding carboxylic acids is 2. The summed E-state index contributed by atoms with van der Waals surface area (Å²) in [5.41, 5.74) is 7.57. The van der Waals surface area contributed by atoms with E-state index in [0.29, 0.717) is 17.8 Å². The molecule has 6 nitrogen and oxygen atoms in total. The molecule has 2 amide bonds. The monoisotopic (exact) mass is 380 g/mol. The number of benzene rings is 2. The van der Waals surface area contributed by atoms with E-state index in [2.05, 4.69) is 29.6 Å². The van der Waals surface area contributed by atoms with Gasteiger partial charge < -0.3 is 20.9 Å². The predicted molar refractivity (Wildman–Crippen MR) is 110 cm³/mol. The Morgan fingerprint density at radius 2 is 1.57 bits per heavy atom. The number of carbonyl (C=O) groups is 2. The van der Waals surface area contributed by atoms with Gasteiger partial charge in [-0.25, -0.2) is 0 Å². The average molecular weight is 380 g/mol. The molecule has 1 aliphatic rings. The fourth-order valence-corrected chi connectivity index (χ4v) is 3.41. The van der Waals surface area contributed by atoms with Crippen molar-refractivity contribution < 1.29 is 19.4 Å². The summed E-state index contributed by atoms with van der Waals surface area (Å²) in [5.74, 6) is -0.476. The zero-order valence-corrected chi connectivity index (χ0v) is 16.0. The zero-order chi connectivity index (χ0) is 19.8. The van der Waals surface area contributed by atoms with E-state index < -0.39 is 5.91 Å². The van der Waals surface area contributed by atoms with Crippen molar-refractivity contribution in [1.29, 1.82) is 0 Å². The number of rotatable bonds is 7. The summed E-state index contributed by atoms with van der Waals surface area (Å²) in [6.07, 6.45) is 4.40. The number of quaternary nitrogens is 2. The van der Waals surface area contributed by atoms with Crippen molar-refractivity contribution in [2.45, 2.75) is 0 Å². The number of primary amides is 1. The minimum atomic E-state index is -0.471. The maximum absolute atomic E-state index is 12.3. The number of anilines is 1. The molecule has 3 rings (SSSR count). The molecule has 1 heterocycles. The van der Waals surface area contributed by atoms with Crippen LogP contribution in [-0.4, -0.2) is 51.1 Å². The van der Waals surface area contributed by atoms with Crippen molar-refractivity contribution in [3.8, 4) is 0 Å². The van der Waals surface area contributed by atoms with E-state index in [1.165, 1.54) is 10.5 Å². The molecule has 1 saturated heterocycles. The van der Waals surface area contributed by atoms with Crippen LogP contribution in [0, 0.1) is 0 Å². The lowest BCUT2D eigenvalue weighted by molar-refractivity contribution is -1.01. The number of hydrogen-bond acceptors (Lipinski definition) is 2. The molecule has 146 valence electrons. The molecule has 6 heteroatoms. The summed E-state index contributed by atoms with van der Waals surface area (Å²) in [6, 6.07) is 17.0. The molecule has 5 N–H and O–H groups in total. The van der Waals surface area contributed by atoms with Crippen LogP contribution < -0.4 is 20.9 Å². The number of nitrogens with one attached hydrogen (secondary N) is 3. The van der Waals surface area contributed by atoms with E-state index in [1.54, 1.807) is 29.2 Å². The third-order valence-electron chi connectivity index (χ3n) is 5.04. The van der Waals surface area contributed by atoms with Gasteiger partial charge in [-0.05, 0) is 35.9 Å². The van der Waals surface area contributed by atoms with Gasteiger partial charge in [0, 0.05) is 11.3 Å². The quantitative estimate of drug-likeness (QED) is 0.508. The lowest BCUT2D eigenvalue weighted by Gasteiger charge is -2.28. The molecule has 0 aromatic heterocycles. The Morgan fingerprint density at radius 3 is 2.21 bits per heavy atom. The second-order valence-corrected chi connectivity index (χ2v) is 7.18. The second kappa shape index (κ2) is 9.82. The van der Waals surface area contributed by atoms with Crippen molar-refractivity contribution >= 4 is 23.6 Å². The lowest BCUT2D eigenvalue weighted by Crippen LogP contribution is -3.28. The molecule has 0 aliphatic carbocycles. The Kier molecular flexibility index (Phi) is 6.94. The molecular formula is C22H28N4O2+2. The third kappa shape index (κ3) is 6.04. The topological polar surface area (TPSA) is 81.1 Å². The largest absolute Gasteiger partial charge is 0.366 e. The molecule has 0 bridgehead atoms. The first-order valence-corrected chi connectivity index (χ1v) is 9.68. The standard InChI is InChI=1S/C22H26N4O2/c23-22(28)19-8-10-20(11-9-19)24-21(27)17-26-15-13-25(14-16-26)12-4-7-18-5-2-1-3-6-18/h1-11H,12-17H2,(H2,23,28)(H,24,27)/p+2/b7-4+. The van der Waals surface area contributed by atoms with Gasteiger partial charge >= 0.3 is 0 Å². The van der Waals surface area contributed by atoms with Gasteiger partial charge in [-0.3, -0.25) is 9.59 Å². The summed E-state index contributed by atoms with van der Waals surface area (Å²) in [6.45, 7) is 5.58. The van der Waals surface area contributed by atoms with Crippen molar-refractivity contribution in [3.63, 3.8) is 0 Å². The van der Waals surface area contributed by atoms with Crippen LogP contribution in [0.3, 0.4) is 0 Å². The van der Waals surface area contributed by atoms with E-state index in [-0.39, 0.29) is 5.91 Å². The Hall–Kier alpha value is -2.96. The Bertz CT molecular complexity index is 810. The Morgan fingerprint density at radius 1 is 0.929 bits per heavy atom. The van der Waals surface area contributed by atoms with Gasteiger partial charge in [0.25, 0.3) is 5.91 Å². The maximum atomic E-state index is 12.3. The molecule has 2 aromatic carbocycles. The van der Waals surface area contributed by atoms with Gasteiger partial charge in [-0.2, -0.15) is 0 Å². The van der Waals surface area contributed by atoms with E-state index in [4.69, 9.17) is 5.73 Å². The third-order valence-corrected chi connectivity index (χ3v) is 5.04. The van der Waals surface area contributed by atoms with Crippen LogP contribution in [0.15, 0.2) is 60.7 Å². The normalized spacial score (nSPS) is 19.4. The van der Waals surface area contributed by atoms with E-state index >= 15 is 0 Å². The molecule has 0 spiro atoms. The van der Waals surface area contributed by atoms with Gasteiger partial charge in [0.05, 0.1) is 6.54 Å². The van der Waals surface area contributed by atoms with Gasteiger partial charge in [0.15, 0.2) is 6.54 Å². The fraction of sp³-hybridized carbons (Fsp3) is 0.273. The van der Waals surface area contributed by atoms with Gasteiger partial charge in [0.1, 0.15) is 26.2 Å². The molecule has 1 fully saturated rings. The van der Waals surface area contributed by atoms with Crippen LogP contribution in [0.1, 0.15) is 15.9 Å². The highest BCUT2D eigenvalue weighted by atomic mass is 16.2. The van der Waals surface area contributed by atoms with Gasteiger partial charge in [-0.1, -0.05) is 36.4 Å². The summed E-state index contributed by atoms with van der Waals surface area (Å²) < 4.78 is 0. The number of hydrogen-bond donors (Lipinski definition) is 4. The van der Waals surface area contributed by atoms with Crippen LogP contribution in [0.4, 0.5) is 5.69 Å². The molecule has 0 atom stereocenters. The van der Waals surface area contributed by atoms with E-state index in [9.17, 15) is 9.59 Å². The van der Waals surface area contributed by atoms with Crippen molar-refractivity contribution in [1.82, 2.24) is 0 Å². The van der Waals surface area contributed by atoms with Crippen molar-refractivity contribution in [3.05, 3.63) is 71.8 Å². The highest BCUT2D eigenvalue weighted by molar-refractivity contribution is 5.95. The lowest BCUT2D eigenvalue weighted by atomic mass is 10.2. The number of nitrogens with two attached hydrogens (primary N) is 1. The summed E-state index contributed by atoms with van der Waals surface area (Å²) in [4.78, 5) is 26.2. The molecule has 2 aromatic rings. The first kappa shape index (κ1) is 19.8. The summed E-state index contributed by atoms with van der Waals surface area (Å²) in [7, 11) is 0. The average Bonchev–Trinajstić information content (AvgIpc) is 2.70. The second-order valence-electron chi connectivity index (χ2n) is 7.18. The van der Waals surface area contributed by atoms with Gasteiger partial charge in [0.2, 0.25) is 5.91 Å². The van der Waals surface area contributed by atoms with Crippen LogP contribution in [0.25, 0.3) is 6.08 Å². The minimum Gasteiger partial charge on any atom is -0.366 e. The van der Waals surface area contributed by atoms with Crippen molar-refractivity contribution in [2.75, 3.05) is 44.6 Å².